The van der Waals surface area contributed by atoms with Crippen LogP contribution in [-0.4, -0.2) is 5.78 Å². The maximum absolute atomic E-state index is 11.8. The Morgan fingerprint density at radius 1 is 1.00 bits per heavy atom. The largest absolute Gasteiger partial charge is 0.295 e. The monoisotopic (exact) mass is 246 g/mol. The summed E-state index contributed by atoms with van der Waals surface area (Å²) < 4.78 is 0. The molecule has 1 rings (SSSR count). The fraction of sp³-hybridized carbons (Fsp3) is 0.588. The normalized spacial score (nSPS) is 29.3. The van der Waals surface area contributed by atoms with Gasteiger partial charge in [-0.15, -0.1) is 0 Å². The molecule has 1 aliphatic carbocycles. The van der Waals surface area contributed by atoms with Crippen LogP contribution >= 0.6 is 0 Å². The van der Waals surface area contributed by atoms with E-state index in [-0.39, 0.29) is 5.78 Å². The molecule has 0 fully saturated rings. The third kappa shape index (κ3) is 4.29. The lowest BCUT2D eigenvalue weighted by molar-refractivity contribution is -0.113. The molecule has 0 atom stereocenters. The molecule has 0 spiro atoms. The lowest BCUT2D eigenvalue weighted by atomic mass is 9.92. The predicted molar refractivity (Wildman–Crippen MR) is 78.6 cm³/mol. The van der Waals surface area contributed by atoms with Crippen molar-refractivity contribution >= 4 is 5.78 Å². The van der Waals surface area contributed by atoms with Gasteiger partial charge in [0.2, 0.25) is 0 Å². The second kappa shape index (κ2) is 7.35. The highest BCUT2D eigenvalue weighted by Gasteiger charge is 2.10. The summed E-state index contributed by atoms with van der Waals surface area (Å²) in [6.07, 6.45) is 11.5. The van der Waals surface area contributed by atoms with E-state index in [1.165, 1.54) is 42.4 Å². The Balaban J connectivity index is 3.12. The molecule has 0 saturated heterocycles. The molecule has 18 heavy (non-hydrogen) atoms. The van der Waals surface area contributed by atoms with E-state index in [1.807, 2.05) is 0 Å². The van der Waals surface area contributed by atoms with E-state index >= 15 is 0 Å². The molecule has 0 amide bonds. The Morgan fingerprint density at radius 3 is 2.33 bits per heavy atom. The van der Waals surface area contributed by atoms with Crippen molar-refractivity contribution in [3.8, 4) is 0 Å². The summed E-state index contributed by atoms with van der Waals surface area (Å²) in [6, 6.07) is 0. The van der Waals surface area contributed by atoms with Crippen LogP contribution in [0.15, 0.2) is 34.4 Å². The van der Waals surface area contributed by atoms with E-state index < -0.39 is 0 Å². The van der Waals surface area contributed by atoms with Crippen molar-refractivity contribution in [2.75, 3.05) is 0 Å². The smallest absolute Gasteiger partial charge is 0.156 e. The minimum absolute atomic E-state index is 0.237. The quantitative estimate of drug-likeness (QED) is 0.626. The fourth-order valence-corrected chi connectivity index (χ4v) is 2.45. The molecular weight excluding hydrogens is 220 g/mol. The Bertz CT molecular complexity index is 394. The molecule has 0 N–H and O–H groups in total. The van der Waals surface area contributed by atoms with Crippen molar-refractivity contribution in [3.63, 3.8) is 0 Å². The number of hydrogen-bond donors (Lipinski definition) is 0. The molecule has 0 bridgehead atoms. The average Bonchev–Trinajstić information content (AvgIpc) is 2.33. The van der Waals surface area contributed by atoms with Crippen LogP contribution in [0, 0.1) is 0 Å². The third-order valence-corrected chi connectivity index (χ3v) is 3.95. The van der Waals surface area contributed by atoms with Crippen LogP contribution in [-0.2, 0) is 4.79 Å². The molecular formula is C17H26O. The van der Waals surface area contributed by atoms with Crippen LogP contribution in [0.5, 0.6) is 0 Å². The second-order valence-electron chi connectivity index (χ2n) is 5.32. The predicted octanol–water partition coefficient (Wildman–Crippen LogP) is 5.14. The van der Waals surface area contributed by atoms with E-state index in [9.17, 15) is 4.79 Å². The number of ketones is 1. The maximum atomic E-state index is 11.8. The highest BCUT2D eigenvalue weighted by Crippen LogP contribution is 2.24. The van der Waals surface area contributed by atoms with Crippen LogP contribution in [0.2, 0.25) is 0 Å². The van der Waals surface area contributed by atoms with Gasteiger partial charge in [-0.3, -0.25) is 4.79 Å². The average molecular weight is 246 g/mol. The summed E-state index contributed by atoms with van der Waals surface area (Å²) in [4.78, 5) is 11.8. The minimum atomic E-state index is 0.237. The molecule has 1 heteroatoms. The number of carbonyl (C=O) groups excluding carboxylic acids is 1. The van der Waals surface area contributed by atoms with E-state index in [1.54, 1.807) is 6.92 Å². The Morgan fingerprint density at radius 2 is 1.67 bits per heavy atom. The molecule has 0 aromatic rings. The van der Waals surface area contributed by atoms with Crippen molar-refractivity contribution in [2.45, 2.75) is 66.2 Å². The van der Waals surface area contributed by atoms with Crippen molar-refractivity contribution in [1.29, 1.82) is 0 Å². The molecule has 1 nitrogen and oxygen atoms in total. The molecule has 0 radical (unpaired) electrons. The highest BCUT2D eigenvalue weighted by atomic mass is 16.1. The second-order valence-corrected chi connectivity index (χ2v) is 5.32. The SMILES string of the molecule is CC(=O)/C1=C(C)/C(C)=C(C)/C=C\CCCCCC1. The summed E-state index contributed by atoms with van der Waals surface area (Å²) in [5, 5.41) is 0. The van der Waals surface area contributed by atoms with Crippen molar-refractivity contribution < 1.29 is 4.79 Å². The summed E-state index contributed by atoms with van der Waals surface area (Å²) in [6.45, 7) is 8.06. The molecule has 0 aliphatic heterocycles. The first-order valence-corrected chi connectivity index (χ1v) is 7.09. The summed E-state index contributed by atoms with van der Waals surface area (Å²) in [7, 11) is 0. The van der Waals surface area contributed by atoms with E-state index in [2.05, 4.69) is 32.9 Å². The maximum Gasteiger partial charge on any atom is 0.156 e. The zero-order valence-electron chi connectivity index (χ0n) is 12.3. The lowest BCUT2D eigenvalue weighted by Crippen LogP contribution is -2.02. The van der Waals surface area contributed by atoms with Gasteiger partial charge in [0.25, 0.3) is 0 Å². The van der Waals surface area contributed by atoms with Crippen LogP contribution in [0.1, 0.15) is 66.2 Å². The zero-order valence-corrected chi connectivity index (χ0v) is 12.3. The van der Waals surface area contributed by atoms with E-state index in [0.717, 1.165) is 18.4 Å². The zero-order chi connectivity index (χ0) is 13.5. The number of carbonyl (C=O) groups is 1. The van der Waals surface area contributed by atoms with E-state index in [4.69, 9.17) is 0 Å². The van der Waals surface area contributed by atoms with Gasteiger partial charge < -0.3 is 0 Å². The number of hydrogen-bond acceptors (Lipinski definition) is 1. The van der Waals surface area contributed by atoms with Gasteiger partial charge in [0.1, 0.15) is 0 Å². The van der Waals surface area contributed by atoms with Crippen molar-refractivity contribution in [3.05, 3.63) is 34.4 Å². The summed E-state index contributed by atoms with van der Waals surface area (Å²) in [5.41, 5.74) is 4.76. The third-order valence-electron chi connectivity index (χ3n) is 3.95. The minimum Gasteiger partial charge on any atom is -0.295 e. The van der Waals surface area contributed by atoms with Gasteiger partial charge in [-0.25, -0.2) is 0 Å². The van der Waals surface area contributed by atoms with Gasteiger partial charge in [0.15, 0.2) is 5.78 Å². The Kier molecular flexibility index (Phi) is 6.11. The number of allylic oxidation sites excluding steroid dienone is 6. The fourth-order valence-electron chi connectivity index (χ4n) is 2.45. The lowest BCUT2D eigenvalue weighted by Gasteiger charge is -2.13. The van der Waals surface area contributed by atoms with Crippen LogP contribution < -0.4 is 0 Å². The van der Waals surface area contributed by atoms with Gasteiger partial charge in [0.05, 0.1) is 0 Å². The van der Waals surface area contributed by atoms with Crippen LogP contribution in [0.4, 0.5) is 0 Å². The number of rotatable bonds is 1. The molecule has 0 heterocycles. The van der Waals surface area contributed by atoms with Gasteiger partial charge in [-0.1, -0.05) is 25.0 Å². The molecule has 0 saturated carbocycles. The van der Waals surface area contributed by atoms with Crippen molar-refractivity contribution in [1.82, 2.24) is 0 Å². The van der Waals surface area contributed by atoms with Crippen molar-refractivity contribution in [2.24, 2.45) is 0 Å². The van der Waals surface area contributed by atoms with Gasteiger partial charge in [0, 0.05) is 0 Å². The molecule has 0 aromatic heterocycles. The first-order valence-electron chi connectivity index (χ1n) is 7.09. The summed E-state index contributed by atoms with van der Waals surface area (Å²) >= 11 is 0. The van der Waals surface area contributed by atoms with Gasteiger partial charge in [-0.05, 0) is 75.7 Å². The molecule has 1 aliphatic rings. The molecule has 0 unspecified atom stereocenters. The summed E-state index contributed by atoms with van der Waals surface area (Å²) in [5.74, 6) is 0.237. The molecule has 100 valence electrons. The van der Waals surface area contributed by atoms with Gasteiger partial charge in [-0.2, -0.15) is 0 Å². The van der Waals surface area contributed by atoms with Gasteiger partial charge >= 0.3 is 0 Å². The first kappa shape index (κ1) is 14.9. The van der Waals surface area contributed by atoms with Crippen LogP contribution in [0.3, 0.4) is 0 Å². The van der Waals surface area contributed by atoms with Crippen LogP contribution in [0.25, 0.3) is 0 Å². The topological polar surface area (TPSA) is 17.1 Å². The number of Topliss-reactive ketones (excluding diaryl/α,β-unsaturated/α-hetero) is 1. The Labute approximate surface area is 112 Å². The highest BCUT2D eigenvalue weighted by molar-refractivity contribution is 5.94. The molecule has 0 aromatic carbocycles. The standard InChI is InChI=1S/C17H26O/c1-13-11-9-7-5-6-8-10-12-17(16(4)18)15(3)14(13)2/h9,11H,5-8,10,12H2,1-4H3/b11-9-,14-13+,17-15+. The first-order chi connectivity index (χ1) is 8.54. The Hall–Kier alpha value is -1.11. The van der Waals surface area contributed by atoms with E-state index in [0.29, 0.717) is 0 Å².